The predicted octanol–water partition coefficient (Wildman–Crippen LogP) is 7.64. The van der Waals surface area contributed by atoms with Crippen molar-refractivity contribution in [3.8, 4) is 17.2 Å². The van der Waals surface area contributed by atoms with Gasteiger partial charge in [-0.25, -0.2) is 4.98 Å². The lowest BCUT2D eigenvalue weighted by Crippen LogP contribution is -2.46. The maximum atomic E-state index is 14.8. The summed E-state index contributed by atoms with van der Waals surface area (Å²) < 4.78 is 24.4. The fraction of sp³-hybridized carbons (Fsp3) is 0.458. The number of hydrogen-bond donors (Lipinski definition) is 5. The van der Waals surface area contributed by atoms with Gasteiger partial charge in [0.05, 0.1) is 45.7 Å². The highest BCUT2D eigenvalue weighted by atomic mass is 35.5. The van der Waals surface area contributed by atoms with E-state index in [1.807, 2.05) is 24.3 Å². The van der Waals surface area contributed by atoms with E-state index in [1.165, 1.54) is 38.6 Å². The standard InChI is InChI=1S/C48H57ClN4O11S/c1-23-11-10-12-24(2)46(60)50-37-41(58)34-33(36-44(37)65-47(51-36)53-20-18-52(19-21-53)31-15-13-30(49)14-16-31)35-43(28(6)40(34)57)64-48(8,45(35)59)62-22-17-32(61-9)25(3)42(63-29(7)54)27(5)39(56)26(4)38(23)55/h10-17,22-23,25-27,32,38-39,42,55-58H,18-21H2,1-9H3,(H,50,60)/b11-10+,22-17+,24-12-/t23-,25+,26+,27+,32-,38-,39+,42+,48-/m0/s1. The van der Waals surface area contributed by atoms with Gasteiger partial charge < -0.3 is 54.5 Å². The van der Waals surface area contributed by atoms with E-state index in [4.69, 9.17) is 35.5 Å². The van der Waals surface area contributed by atoms with Crippen LogP contribution in [-0.4, -0.2) is 107 Å². The fourth-order valence-electron chi connectivity index (χ4n) is 9.05. The van der Waals surface area contributed by atoms with Gasteiger partial charge >= 0.3 is 11.8 Å². The summed E-state index contributed by atoms with van der Waals surface area (Å²) in [6, 6.07) is 7.64. The number of rotatable bonds is 4. The van der Waals surface area contributed by atoms with Crippen LogP contribution in [-0.2, 0) is 23.8 Å². The molecule has 65 heavy (non-hydrogen) atoms. The number of carbonyl (C=O) groups excluding carboxylic acids is 3. The number of carbonyl (C=O) groups is 3. The van der Waals surface area contributed by atoms with Crippen molar-refractivity contribution in [1.82, 2.24) is 4.98 Å². The van der Waals surface area contributed by atoms with Crippen LogP contribution in [0, 0.1) is 30.6 Å². The first-order chi connectivity index (χ1) is 30.8. The number of nitrogens with one attached hydrogen (secondary N) is 1. The Bertz CT molecular complexity index is 2590. The largest absolute Gasteiger partial charge is 0.507 e. The molecule has 1 saturated heterocycles. The van der Waals surface area contributed by atoms with Crippen molar-refractivity contribution in [2.75, 3.05) is 48.4 Å². The number of ketones is 1. The molecule has 4 heterocycles. The molecule has 4 aromatic rings. The summed E-state index contributed by atoms with van der Waals surface area (Å²) >= 11 is 7.38. The first kappa shape index (κ1) is 47.6. The highest BCUT2D eigenvalue weighted by molar-refractivity contribution is 7.23. The van der Waals surface area contributed by atoms with Crippen LogP contribution in [0.5, 0.6) is 17.2 Å². The number of esters is 1. The summed E-state index contributed by atoms with van der Waals surface area (Å²) in [4.78, 5) is 50.6. The molecule has 348 valence electrons. The second-order valence-corrected chi connectivity index (χ2v) is 18.9. The zero-order valence-electron chi connectivity index (χ0n) is 37.9. The minimum atomic E-state index is -1.97. The number of phenols is 2. The Morgan fingerprint density at radius 2 is 1.60 bits per heavy atom. The minimum Gasteiger partial charge on any atom is -0.507 e. The van der Waals surface area contributed by atoms with Crippen LogP contribution in [0.4, 0.5) is 16.5 Å². The van der Waals surface area contributed by atoms with E-state index < -0.39 is 77.3 Å². The van der Waals surface area contributed by atoms with E-state index in [0.29, 0.717) is 41.0 Å². The molecule has 3 aliphatic heterocycles. The molecule has 0 aliphatic carbocycles. The molecule has 3 aromatic carbocycles. The number of halogens is 1. The first-order valence-corrected chi connectivity index (χ1v) is 22.9. The molecule has 7 rings (SSSR count). The van der Waals surface area contributed by atoms with E-state index in [1.54, 1.807) is 65.8 Å². The van der Waals surface area contributed by atoms with Gasteiger partial charge in [-0.05, 0) is 44.2 Å². The van der Waals surface area contributed by atoms with Crippen molar-refractivity contribution >= 4 is 78.1 Å². The van der Waals surface area contributed by atoms with Gasteiger partial charge in [-0.2, -0.15) is 0 Å². The Hall–Kier alpha value is -5.39. The average Bonchev–Trinajstić information content (AvgIpc) is 3.84. The molecule has 0 unspecified atom stereocenters. The third-order valence-electron chi connectivity index (χ3n) is 13.1. The van der Waals surface area contributed by atoms with Crippen molar-refractivity contribution in [2.24, 2.45) is 23.7 Å². The van der Waals surface area contributed by atoms with Crippen LogP contribution in [0.1, 0.15) is 64.4 Å². The van der Waals surface area contributed by atoms with E-state index in [2.05, 4.69) is 15.1 Å². The van der Waals surface area contributed by atoms with Gasteiger partial charge in [0.25, 0.3) is 11.7 Å². The molecule has 15 nitrogen and oxygen atoms in total. The second-order valence-electron chi connectivity index (χ2n) is 17.5. The molecular weight excluding hydrogens is 876 g/mol. The number of aromatic hydroxyl groups is 2. The molecule has 17 heteroatoms. The smallest absolute Gasteiger partial charge is 0.312 e. The molecule has 1 fully saturated rings. The lowest BCUT2D eigenvalue weighted by Gasteiger charge is -2.38. The maximum Gasteiger partial charge on any atom is 0.312 e. The number of thiazole rings is 1. The van der Waals surface area contributed by atoms with E-state index in [-0.39, 0.29) is 50.2 Å². The Kier molecular flexibility index (Phi) is 13.8. The number of aliphatic hydroxyl groups excluding tert-OH is 2. The number of Topliss-reactive ketones (excluding diaryl/α,β-unsaturated/α-hetero) is 1. The number of methoxy groups -OCH3 is 1. The van der Waals surface area contributed by atoms with Crippen molar-refractivity contribution < 1.29 is 53.8 Å². The summed E-state index contributed by atoms with van der Waals surface area (Å²) in [5.41, 5.74) is 1.72. The van der Waals surface area contributed by atoms with Crippen LogP contribution < -0.4 is 19.9 Å². The lowest BCUT2D eigenvalue weighted by molar-refractivity contribution is -0.160. The van der Waals surface area contributed by atoms with Gasteiger partial charge in [0.1, 0.15) is 23.3 Å². The van der Waals surface area contributed by atoms with Gasteiger partial charge in [-0.3, -0.25) is 14.4 Å². The molecule has 0 saturated carbocycles. The lowest BCUT2D eigenvalue weighted by atomic mass is 9.78. The van der Waals surface area contributed by atoms with Crippen molar-refractivity contribution in [3.05, 3.63) is 76.6 Å². The number of allylic oxidation sites excluding steroid dienone is 2. The van der Waals surface area contributed by atoms with E-state index >= 15 is 0 Å². The molecule has 0 radical (unpaired) electrons. The summed E-state index contributed by atoms with van der Waals surface area (Å²) in [6.07, 6.45) is 3.91. The summed E-state index contributed by atoms with van der Waals surface area (Å²) in [5.74, 6) is -6.94. The minimum absolute atomic E-state index is 0.00250. The molecule has 4 bridgehead atoms. The third-order valence-corrected chi connectivity index (χ3v) is 14.5. The fourth-order valence-corrected chi connectivity index (χ4v) is 10.3. The highest BCUT2D eigenvalue weighted by Gasteiger charge is 2.50. The van der Waals surface area contributed by atoms with Gasteiger partial charge in [-0.1, -0.05) is 68.9 Å². The molecule has 3 aliphatic rings. The maximum absolute atomic E-state index is 14.8. The zero-order chi connectivity index (χ0) is 47.2. The Morgan fingerprint density at radius 1 is 0.938 bits per heavy atom. The normalized spacial score (nSPS) is 29.9. The number of aromatic nitrogens is 1. The van der Waals surface area contributed by atoms with E-state index in [9.17, 15) is 34.8 Å². The van der Waals surface area contributed by atoms with Gasteiger partial charge in [0.15, 0.2) is 10.9 Å². The number of phenolic OH excluding ortho intramolecular Hbond substituents is 2. The van der Waals surface area contributed by atoms with Crippen LogP contribution in [0.2, 0.25) is 5.02 Å². The van der Waals surface area contributed by atoms with Crippen molar-refractivity contribution in [1.29, 1.82) is 0 Å². The molecule has 1 amide bonds. The van der Waals surface area contributed by atoms with Gasteiger partial charge in [0.2, 0.25) is 0 Å². The van der Waals surface area contributed by atoms with Gasteiger partial charge in [0, 0.05) is 98.0 Å². The number of benzene rings is 3. The molecule has 0 spiro atoms. The summed E-state index contributed by atoms with van der Waals surface area (Å²) in [7, 11) is 1.46. The molecular formula is C48H57ClN4O11S. The first-order valence-electron chi connectivity index (χ1n) is 21.7. The monoisotopic (exact) mass is 932 g/mol. The van der Waals surface area contributed by atoms with Crippen LogP contribution >= 0.6 is 22.9 Å². The number of piperazine rings is 1. The number of aliphatic hydroxyl groups is 2. The second kappa shape index (κ2) is 18.8. The summed E-state index contributed by atoms with van der Waals surface area (Å²) in [6.45, 7) is 15.4. The quantitative estimate of drug-likeness (QED) is 0.0988. The van der Waals surface area contributed by atoms with Crippen molar-refractivity contribution in [2.45, 2.75) is 85.6 Å². The molecule has 9 atom stereocenters. The molecule has 5 N–H and O–H groups in total. The SMILES string of the molecule is CO[C@H]1/C=C/O[C@@]2(C)Oc3c(C)c(O)c4c(O)c(c5sc(N6CCN(c7ccc(Cl)cc7)CC6)nc5c4c3C2=O)NC(=O)/C(C)=C\C=C\[C@H](C)[C@H](O)[C@@H](C)[C@@H](O)[C@@H](C)[C@H](OC(C)=O)[C@@H]1C. The third kappa shape index (κ3) is 8.98. The molecule has 1 aromatic heterocycles. The average molecular weight is 934 g/mol. The van der Waals surface area contributed by atoms with Crippen LogP contribution in [0.25, 0.3) is 21.0 Å². The number of fused-ring (bicyclic) bond motifs is 1. The highest BCUT2D eigenvalue weighted by Crippen LogP contribution is 2.55. The Balaban J connectivity index is 1.36. The Morgan fingerprint density at radius 3 is 2.25 bits per heavy atom. The zero-order valence-corrected chi connectivity index (χ0v) is 39.5. The van der Waals surface area contributed by atoms with Crippen LogP contribution in [0.3, 0.4) is 0 Å². The Labute approximate surface area is 386 Å². The summed E-state index contributed by atoms with van der Waals surface area (Å²) in [5, 5.41) is 51.2. The van der Waals surface area contributed by atoms with Crippen molar-refractivity contribution in [3.63, 3.8) is 0 Å². The van der Waals surface area contributed by atoms with Crippen LogP contribution in [0.15, 0.2) is 60.4 Å². The number of amides is 1. The number of nitrogens with zero attached hydrogens (tertiary/aromatic N) is 3. The number of hydrogen-bond acceptors (Lipinski definition) is 15. The topological polar surface area (TPSA) is 200 Å². The number of anilines is 3. The van der Waals surface area contributed by atoms with Gasteiger partial charge in [-0.15, -0.1) is 0 Å². The predicted molar refractivity (Wildman–Crippen MR) is 251 cm³/mol. The number of ether oxygens (including phenoxy) is 4. The van der Waals surface area contributed by atoms with E-state index in [0.717, 1.165) is 5.69 Å².